The number of fused-ring (bicyclic) bond motifs is 3. The largest absolute Gasteiger partial charge is 0.325 e. The summed E-state index contributed by atoms with van der Waals surface area (Å²) in [5, 5.41) is 5.80. The second-order valence-electron chi connectivity index (χ2n) is 5.71. The number of amides is 1. The minimum Gasteiger partial charge on any atom is -0.325 e. The maximum atomic E-state index is 12.3. The van der Waals surface area contributed by atoms with Crippen LogP contribution in [-0.2, 0) is 17.6 Å². The van der Waals surface area contributed by atoms with Crippen molar-refractivity contribution in [2.45, 2.75) is 24.3 Å². The smallest absolute Gasteiger partial charge is 0.234 e. The fraction of sp³-hybridized carbons (Fsp3) is 0.235. The Kier molecular flexibility index (Phi) is 4.86. The van der Waals surface area contributed by atoms with Crippen LogP contribution in [0.1, 0.15) is 16.9 Å². The van der Waals surface area contributed by atoms with Crippen molar-refractivity contribution in [3.8, 4) is 0 Å². The lowest BCUT2D eigenvalue weighted by molar-refractivity contribution is -0.113. The van der Waals surface area contributed by atoms with Crippen LogP contribution < -0.4 is 5.32 Å². The van der Waals surface area contributed by atoms with E-state index in [0.29, 0.717) is 15.7 Å². The average molecular weight is 410 g/mol. The molecule has 0 aliphatic heterocycles. The number of thiophene rings is 1. The highest BCUT2D eigenvalue weighted by atomic mass is 35.5. The van der Waals surface area contributed by atoms with Gasteiger partial charge >= 0.3 is 0 Å². The van der Waals surface area contributed by atoms with Gasteiger partial charge in [-0.25, -0.2) is 9.97 Å². The van der Waals surface area contributed by atoms with E-state index in [1.54, 1.807) is 35.9 Å². The Morgan fingerprint density at radius 2 is 2.00 bits per heavy atom. The molecule has 1 N–H and O–H groups in total. The van der Waals surface area contributed by atoms with Crippen molar-refractivity contribution in [1.82, 2.24) is 9.97 Å². The molecule has 2 aromatic heterocycles. The number of nitrogens with zero attached hydrogens (tertiary/aromatic N) is 2. The van der Waals surface area contributed by atoms with Gasteiger partial charge in [0.2, 0.25) is 5.91 Å². The molecule has 8 heteroatoms. The Morgan fingerprint density at radius 1 is 1.20 bits per heavy atom. The molecule has 0 radical (unpaired) electrons. The van der Waals surface area contributed by atoms with E-state index in [-0.39, 0.29) is 11.7 Å². The number of benzene rings is 1. The summed E-state index contributed by atoms with van der Waals surface area (Å²) >= 11 is 15.1. The van der Waals surface area contributed by atoms with Gasteiger partial charge < -0.3 is 5.32 Å². The average Bonchev–Trinajstić information content (AvgIpc) is 3.12. The Bertz CT molecular complexity index is 954. The third-order valence-corrected chi connectivity index (χ3v) is 6.58. The highest BCUT2D eigenvalue weighted by Gasteiger charge is 2.21. The van der Waals surface area contributed by atoms with Gasteiger partial charge in [0.25, 0.3) is 0 Å². The van der Waals surface area contributed by atoms with Crippen LogP contribution in [0.4, 0.5) is 5.69 Å². The maximum absolute atomic E-state index is 12.3. The lowest BCUT2D eigenvalue weighted by Gasteiger charge is -2.07. The molecule has 0 saturated heterocycles. The SMILES string of the molecule is O=C(CSc1ncnc2sc3c(c12)CCC3)Nc1cc(Cl)cc(Cl)c1. The zero-order chi connectivity index (χ0) is 17.4. The van der Waals surface area contributed by atoms with E-state index in [4.69, 9.17) is 23.2 Å². The Labute approximate surface area is 163 Å². The summed E-state index contributed by atoms with van der Waals surface area (Å²) in [7, 11) is 0. The molecule has 25 heavy (non-hydrogen) atoms. The fourth-order valence-electron chi connectivity index (χ4n) is 2.97. The first-order chi connectivity index (χ1) is 12.1. The molecule has 4 rings (SSSR count). The van der Waals surface area contributed by atoms with Gasteiger partial charge in [-0.1, -0.05) is 35.0 Å². The van der Waals surface area contributed by atoms with Crippen molar-refractivity contribution in [2.75, 3.05) is 11.1 Å². The normalized spacial score (nSPS) is 13.2. The number of carbonyl (C=O) groups excluding carboxylic acids is 1. The standard InChI is InChI=1S/C17H13Cl2N3OS2/c18-9-4-10(19)6-11(5-9)22-14(23)7-24-16-15-12-2-1-3-13(12)25-17(15)21-8-20-16/h4-6,8H,1-3,7H2,(H,22,23). The van der Waals surface area contributed by atoms with Crippen LogP contribution in [0.5, 0.6) is 0 Å². The fourth-order valence-corrected chi connectivity index (χ4v) is 5.61. The number of halogens is 2. The van der Waals surface area contributed by atoms with Gasteiger partial charge in [0.1, 0.15) is 16.2 Å². The summed E-state index contributed by atoms with van der Waals surface area (Å²) in [5.74, 6) is 0.142. The molecular formula is C17H13Cl2N3OS2. The second kappa shape index (κ2) is 7.11. The first-order valence-electron chi connectivity index (χ1n) is 7.74. The van der Waals surface area contributed by atoms with Crippen molar-refractivity contribution >= 4 is 68.1 Å². The van der Waals surface area contributed by atoms with Crippen LogP contribution in [0.15, 0.2) is 29.6 Å². The topological polar surface area (TPSA) is 54.9 Å². The number of carbonyl (C=O) groups is 1. The molecule has 0 unspecified atom stereocenters. The predicted octanol–water partition coefficient (Wildman–Crippen LogP) is 5.22. The van der Waals surface area contributed by atoms with Crippen LogP contribution in [0, 0.1) is 0 Å². The van der Waals surface area contributed by atoms with Crippen molar-refractivity contribution in [3.63, 3.8) is 0 Å². The lowest BCUT2D eigenvalue weighted by atomic mass is 10.2. The van der Waals surface area contributed by atoms with E-state index in [1.807, 2.05) is 0 Å². The van der Waals surface area contributed by atoms with Gasteiger partial charge in [0.05, 0.1) is 5.75 Å². The van der Waals surface area contributed by atoms with E-state index < -0.39 is 0 Å². The van der Waals surface area contributed by atoms with E-state index in [0.717, 1.165) is 28.1 Å². The lowest BCUT2D eigenvalue weighted by Crippen LogP contribution is -2.14. The first-order valence-corrected chi connectivity index (χ1v) is 10.3. The van der Waals surface area contributed by atoms with Crippen molar-refractivity contribution in [3.05, 3.63) is 45.0 Å². The molecule has 1 amide bonds. The molecule has 4 nitrogen and oxygen atoms in total. The summed E-state index contributed by atoms with van der Waals surface area (Å²) in [6.07, 6.45) is 4.96. The first kappa shape index (κ1) is 17.1. The van der Waals surface area contributed by atoms with Gasteiger partial charge in [-0.15, -0.1) is 11.3 Å². The monoisotopic (exact) mass is 409 g/mol. The Morgan fingerprint density at radius 3 is 2.80 bits per heavy atom. The molecule has 0 saturated carbocycles. The number of anilines is 1. The molecule has 1 aromatic carbocycles. The second-order valence-corrected chi connectivity index (χ2v) is 8.63. The molecule has 1 aliphatic carbocycles. The zero-order valence-electron chi connectivity index (χ0n) is 13.0. The molecule has 128 valence electrons. The summed E-state index contributed by atoms with van der Waals surface area (Å²) < 4.78 is 0. The maximum Gasteiger partial charge on any atom is 0.234 e. The van der Waals surface area contributed by atoms with Gasteiger partial charge in [-0.05, 0) is 43.0 Å². The predicted molar refractivity (Wildman–Crippen MR) is 105 cm³/mol. The van der Waals surface area contributed by atoms with Crippen molar-refractivity contribution < 1.29 is 4.79 Å². The van der Waals surface area contributed by atoms with E-state index >= 15 is 0 Å². The van der Waals surface area contributed by atoms with Gasteiger partial charge in [-0.3, -0.25) is 4.79 Å². The number of rotatable bonds is 4. The Hall–Kier alpha value is -1.34. The Balaban J connectivity index is 1.50. The van der Waals surface area contributed by atoms with Gasteiger partial charge in [-0.2, -0.15) is 0 Å². The van der Waals surface area contributed by atoms with Crippen LogP contribution in [0.25, 0.3) is 10.2 Å². The number of aryl methyl sites for hydroxylation is 2. The van der Waals surface area contributed by atoms with Crippen LogP contribution >= 0.6 is 46.3 Å². The van der Waals surface area contributed by atoms with Gasteiger partial charge in [0.15, 0.2) is 0 Å². The highest BCUT2D eigenvalue weighted by Crippen LogP contribution is 2.40. The van der Waals surface area contributed by atoms with Crippen LogP contribution in [0.2, 0.25) is 10.0 Å². The van der Waals surface area contributed by atoms with E-state index in [2.05, 4.69) is 15.3 Å². The minimum absolute atomic E-state index is 0.123. The number of aromatic nitrogens is 2. The van der Waals surface area contributed by atoms with Crippen LogP contribution in [0.3, 0.4) is 0 Å². The molecule has 0 atom stereocenters. The summed E-state index contributed by atoms with van der Waals surface area (Å²) in [6, 6.07) is 4.97. The quantitative estimate of drug-likeness (QED) is 0.474. The molecule has 1 aliphatic rings. The minimum atomic E-state index is -0.123. The summed E-state index contributed by atoms with van der Waals surface area (Å²) in [4.78, 5) is 23.5. The third kappa shape index (κ3) is 3.62. The molecule has 0 bridgehead atoms. The van der Waals surface area contributed by atoms with E-state index in [1.165, 1.54) is 28.6 Å². The molecule has 0 spiro atoms. The van der Waals surface area contributed by atoms with E-state index in [9.17, 15) is 4.79 Å². The third-order valence-electron chi connectivity index (χ3n) is 3.95. The zero-order valence-corrected chi connectivity index (χ0v) is 16.2. The molecule has 3 aromatic rings. The molecule has 0 fully saturated rings. The summed E-state index contributed by atoms with van der Waals surface area (Å²) in [6.45, 7) is 0. The molecule has 2 heterocycles. The molecular weight excluding hydrogens is 397 g/mol. The number of hydrogen-bond acceptors (Lipinski definition) is 5. The van der Waals surface area contributed by atoms with Crippen molar-refractivity contribution in [2.24, 2.45) is 0 Å². The van der Waals surface area contributed by atoms with Crippen molar-refractivity contribution in [1.29, 1.82) is 0 Å². The van der Waals surface area contributed by atoms with Gasteiger partial charge in [0, 0.05) is 26.0 Å². The number of hydrogen-bond donors (Lipinski definition) is 1. The van der Waals surface area contributed by atoms with Crippen LogP contribution in [-0.4, -0.2) is 21.6 Å². The summed E-state index contributed by atoms with van der Waals surface area (Å²) in [5.41, 5.74) is 1.96. The number of nitrogens with one attached hydrogen (secondary N) is 1. The highest BCUT2D eigenvalue weighted by molar-refractivity contribution is 8.00. The number of thioether (sulfide) groups is 1.